The van der Waals surface area contributed by atoms with Crippen molar-refractivity contribution in [2.24, 2.45) is 0 Å². The molecule has 0 radical (unpaired) electrons. The zero-order valence-electron chi connectivity index (χ0n) is 10.2. The molecule has 15 heavy (non-hydrogen) atoms. The molecule has 3 atom stereocenters. The number of aliphatic hydroxyl groups is 1. The second-order valence-corrected chi connectivity index (χ2v) is 4.74. The number of hydrogen-bond donors (Lipinski definition) is 2. The van der Waals surface area contributed by atoms with Crippen molar-refractivity contribution in [3.63, 3.8) is 0 Å². The van der Waals surface area contributed by atoms with E-state index in [-0.39, 0.29) is 6.10 Å². The predicted octanol–water partition coefficient (Wildman–Crippen LogP) is 0.231. The highest BCUT2D eigenvalue weighted by molar-refractivity contribution is 4.59. The molecular formula is C12H26NO2+. The smallest absolute Gasteiger partial charge is 0.126 e. The van der Waals surface area contributed by atoms with Crippen LogP contribution in [0.1, 0.15) is 39.5 Å². The van der Waals surface area contributed by atoms with Crippen LogP contribution in [0.4, 0.5) is 0 Å². The largest absolute Gasteiger partial charge is 0.385 e. The van der Waals surface area contributed by atoms with Crippen LogP contribution in [0, 0.1) is 0 Å². The lowest BCUT2D eigenvalue weighted by Gasteiger charge is -2.21. The molecule has 3 heteroatoms. The van der Waals surface area contributed by atoms with Crippen LogP contribution in [-0.4, -0.2) is 43.6 Å². The summed E-state index contributed by atoms with van der Waals surface area (Å²) in [5.41, 5.74) is 0. The molecular weight excluding hydrogens is 190 g/mol. The normalized spacial score (nSPS) is 28.2. The summed E-state index contributed by atoms with van der Waals surface area (Å²) in [6.45, 7) is 7.79. The van der Waals surface area contributed by atoms with Gasteiger partial charge in [-0.25, -0.2) is 0 Å². The second-order valence-electron chi connectivity index (χ2n) is 4.74. The summed E-state index contributed by atoms with van der Waals surface area (Å²) in [4.78, 5) is 1.54. The molecule has 0 bridgehead atoms. The van der Waals surface area contributed by atoms with Crippen molar-refractivity contribution in [2.45, 2.75) is 51.7 Å². The summed E-state index contributed by atoms with van der Waals surface area (Å²) in [7, 11) is 0. The van der Waals surface area contributed by atoms with Gasteiger partial charge in [0.1, 0.15) is 12.6 Å². The van der Waals surface area contributed by atoms with Gasteiger partial charge in [-0.05, 0) is 13.3 Å². The molecule has 1 aliphatic rings. The number of nitrogens with one attached hydrogen (secondary N) is 1. The Balaban J connectivity index is 2.04. The monoisotopic (exact) mass is 216 g/mol. The van der Waals surface area contributed by atoms with E-state index in [4.69, 9.17) is 4.74 Å². The molecule has 0 aromatic heterocycles. The van der Waals surface area contributed by atoms with Crippen LogP contribution < -0.4 is 4.90 Å². The molecule has 0 spiro atoms. The Morgan fingerprint density at radius 3 is 2.93 bits per heavy atom. The Morgan fingerprint density at radius 2 is 2.33 bits per heavy atom. The summed E-state index contributed by atoms with van der Waals surface area (Å²) in [5, 5.41) is 9.78. The van der Waals surface area contributed by atoms with Crippen molar-refractivity contribution in [3.8, 4) is 0 Å². The maximum Gasteiger partial charge on any atom is 0.126 e. The van der Waals surface area contributed by atoms with Gasteiger partial charge in [0.05, 0.1) is 19.2 Å². The molecule has 1 unspecified atom stereocenters. The number of quaternary nitrogens is 1. The Hall–Kier alpha value is -0.120. The standard InChI is InChI=1S/C12H25NO2/c1-3-4-8-15-10-12(14)9-13-7-5-6-11(13)2/h11-12,14H,3-10H2,1-2H3/p+1/t11-,12+/m0/s1. The van der Waals surface area contributed by atoms with Crippen molar-refractivity contribution in [2.75, 3.05) is 26.3 Å². The lowest BCUT2D eigenvalue weighted by Crippen LogP contribution is -3.14. The van der Waals surface area contributed by atoms with Gasteiger partial charge >= 0.3 is 0 Å². The molecule has 1 rings (SSSR count). The molecule has 1 aliphatic heterocycles. The minimum Gasteiger partial charge on any atom is -0.385 e. The van der Waals surface area contributed by atoms with Crippen LogP contribution in [0.25, 0.3) is 0 Å². The van der Waals surface area contributed by atoms with Crippen LogP contribution in [0.2, 0.25) is 0 Å². The van der Waals surface area contributed by atoms with E-state index in [1.165, 1.54) is 19.4 Å². The average Bonchev–Trinajstić information content (AvgIpc) is 2.59. The van der Waals surface area contributed by atoms with Crippen LogP contribution in [0.3, 0.4) is 0 Å². The van der Waals surface area contributed by atoms with E-state index in [0.717, 1.165) is 32.0 Å². The summed E-state index contributed by atoms with van der Waals surface area (Å²) >= 11 is 0. The van der Waals surface area contributed by atoms with Crippen LogP contribution in [0.15, 0.2) is 0 Å². The molecule has 3 nitrogen and oxygen atoms in total. The minimum absolute atomic E-state index is 0.280. The van der Waals surface area contributed by atoms with Gasteiger partial charge in [-0.15, -0.1) is 0 Å². The van der Waals surface area contributed by atoms with E-state index in [0.29, 0.717) is 6.61 Å². The predicted molar refractivity (Wildman–Crippen MR) is 61.1 cm³/mol. The molecule has 0 aromatic rings. The summed E-state index contributed by atoms with van der Waals surface area (Å²) in [6, 6.07) is 0.718. The second kappa shape index (κ2) is 7.20. The maximum absolute atomic E-state index is 9.78. The van der Waals surface area contributed by atoms with Crippen molar-refractivity contribution >= 4 is 0 Å². The fourth-order valence-corrected chi connectivity index (χ4v) is 2.22. The first-order valence-corrected chi connectivity index (χ1v) is 6.34. The molecule has 1 heterocycles. The fourth-order valence-electron chi connectivity index (χ4n) is 2.22. The van der Waals surface area contributed by atoms with Gasteiger partial charge in [-0.1, -0.05) is 13.3 Å². The molecule has 0 aliphatic carbocycles. The van der Waals surface area contributed by atoms with Gasteiger partial charge in [0, 0.05) is 19.4 Å². The molecule has 0 aromatic carbocycles. The maximum atomic E-state index is 9.78. The lowest BCUT2D eigenvalue weighted by atomic mass is 10.2. The molecule has 0 saturated carbocycles. The Morgan fingerprint density at radius 1 is 1.53 bits per heavy atom. The van der Waals surface area contributed by atoms with Crippen LogP contribution >= 0.6 is 0 Å². The minimum atomic E-state index is -0.280. The van der Waals surface area contributed by atoms with Gasteiger partial charge in [0.2, 0.25) is 0 Å². The molecule has 2 N–H and O–H groups in total. The number of rotatable bonds is 7. The van der Waals surface area contributed by atoms with E-state index >= 15 is 0 Å². The van der Waals surface area contributed by atoms with E-state index < -0.39 is 0 Å². The zero-order valence-corrected chi connectivity index (χ0v) is 10.2. The molecule has 0 amide bonds. The Bertz CT molecular complexity index is 164. The van der Waals surface area contributed by atoms with Gasteiger partial charge < -0.3 is 14.7 Å². The molecule has 90 valence electrons. The quantitative estimate of drug-likeness (QED) is 0.597. The first kappa shape index (κ1) is 12.9. The highest BCUT2D eigenvalue weighted by Crippen LogP contribution is 1.98. The van der Waals surface area contributed by atoms with Crippen molar-refractivity contribution in [1.29, 1.82) is 0 Å². The summed E-state index contributed by atoms with van der Waals surface area (Å²) in [6.07, 6.45) is 4.58. The lowest BCUT2D eigenvalue weighted by molar-refractivity contribution is -0.913. The van der Waals surface area contributed by atoms with E-state index in [1.807, 2.05) is 0 Å². The average molecular weight is 216 g/mol. The molecule has 1 fully saturated rings. The third kappa shape index (κ3) is 4.96. The Kier molecular flexibility index (Phi) is 6.22. The van der Waals surface area contributed by atoms with Crippen molar-refractivity contribution in [3.05, 3.63) is 0 Å². The van der Waals surface area contributed by atoms with Gasteiger partial charge in [-0.2, -0.15) is 0 Å². The Labute approximate surface area is 93.4 Å². The first-order chi connectivity index (χ1) is 7.24. The van der Waals surface area contributed by atoms with Crippen LogP contribution in [-0.2, 0) is 4.74 Å². The third-order valence-corrected chi connectivity index (χ3v) is 3.28. The summed E-state index contributed by atoms with van der Waals surface area (Å²) in [5.74, 6) is 0. The number of aliphatic hydroxyl groups excluding tert-OH is 1. The topological polar surface area (TPSA) is 33.9 Å². The number of ether oxygens (including phenoxy) is 1. The number of likely N-dealkylation sites (tertiary alicyclic amines) is 1. The highest BCUT2D eigenvalue weighted by Gasteiger charge is 2.26. The van der Waals surface area contributed by atoms with Gasteiger partial charge in [-0.3, -0.25) is 0 Å². The van der Waals surface area contributed by atoms with E-state index in [2.05, 4.69) is 13.8 Å². The third-order valence-electron chi connectivity index (χ3n) is 3.28. The van der Waals surface area contributed by atoms with E-state index in [1.54, 1.807) is 4.90 Å². The van der Waals surface area contributed by atoms with Crippen molar-refractivity contribution in [1.82, 2.24) is 0 Å². The fraction of sp³-hybridized carbons (Fsp3) is 1.00. The number of hydrogen-bond acceptors (Lipinski definition) is 2. The SMILES string of the molecule is CCCCOC[C@H](O)C[NH+]1CCC[C@@H]1C. The highest BCUT2D eigenvalue weighted by atomic mass is 16.5. The number of unbranched alkanes of at least 4 members (excludes halogenated alkanes) is 1. The van der Waals surface area contributed by atoms with Gasteiger partial charge in [0.25, 0.3) is 0 Å². The molecule has 1 saturated heterocycles. The van der Waals surface area contributed by atoms with E-state index in [9.17, 15) is 5.11 Å². The van der Waals surface area contributed by atoms with Gasteiger partial charge in [0.15, 0.2) is 0 Å². The van der Waals surface area contributed by atoms with Crippen LogP contribution in [0.5, 0.6) is 0 Å². The summed E-state index contributed by atoms with van der Waals surface area (Å²) < 4.78 is 5.42. The first-order valence-electron chi connectivity index (χ1n) is 6.34. The zero-order chi connectivity index (χ0) is 11.1. The van der Waals surface area contributed by atoms with Crippen molar-refractivity contribution < 1.29 is 14.7 Å².